The molecule has 1 aromatic carbocycles. The van der Waals surface area contributed by atoms with E-state index in [0.717, 1.165) is 0 Å². The maximum absolute atomic E-state index is 12.3. The number of Topliss-reactive ketones (excluding diaryl/α,β-unsaturated/α-hetero) is 1. The molecule has 0 radical (unpaired) electrons. The van der Waals surface area contributed by atoms with Gasteiger partial charge in [-0.2, -0.15) is 0 Å². The summed E-state index contributed by atoms with van der Waals surface area (Å²) in [7, 11) is -0.477. The summed E-state index contributed by atoms with van der Waals surface area (Å²) in [5.41, 5.74) is 0.334. The van der Waals surface area contributed by atoms with E-state index in [1.165, 1.54) is 49.8 Å². The second-order valence-electron chi connectivity index (χ2n) is 5.72. The first-order chi connectivity index (χ1) is 12.7. The number of carbonyl (C=O) groups excluding carboxylic acids is 2. The summed E-state index contributed by atoms with van der Waals surface area (Å²) in [6.45, 7) is 1.29. The number of nitrogens with zero attached hydrogens (tertiary/aromatic N) is 3. The minimum absolute atomic E-state index is 0.0143. The van der Waals surface area contributed by atoms with Crippen LogP contribution in [0.1, 0.15) is 6.92 Å². The van der Waals surface area contributed by atoms with Gasteiger partial charge in [-0.05, 0) is 37.3 Å². The van der Waals surface area contributed by atoms with Crippen molar-refractivity contribution in [2.45, 2.75) is 11.8 Å². The summed E-state index contributed by atoms with van der Waals surface area (Å²) in [5.74, 6) is -1.01. The van der Waals surface area contributed by atoms with E-state index in [1.807, 2.05) is 0 Å². The largest absolute Gasteiger partial charge is 0.383 e. The zero-order valence-electron chi connectivity index (χ0n) is 15.0. The molecule has 2 rings (SSSR count). The first kappa shape index (κ1) is 20.0. The molecule has 0 unspecified atom stereocenters. The first-order valence-corrected chi connectivity index (χ1v) is 9.28. The second kappa shape index (κ2) is 8.41. The second-order valence-corrected chi connectivity index (χ2v) is 7.40. The fourth-order valence-corrected chi connectivity index (χ4v) is 2.97. The molecule has 142 valence electrons. The molecule has 1 aromatic heterocycles. The number of hydrogen-bond acceptors (Lipinski definition) is 7. The summed E-state index contributed by atoms with van der Waals surface area (Å²) < 4.78 is 26.9. The van der Waals surface area contributed by atoms with E-state index < -0.39 is 15.9 Å². The number of rotatable bonds is 7. The van der Waals surface area contributed by atoms with Crippen LogP contribution in [-0.4, -0.2) is 49.1 Å². The van der Waals surface area contributed by atoms with Gasteiger partial charge in [0.2, 0.25) is 5.95 Å². The predicted octanol–water partition coefficient (Wildman–Crippen LogP) is 1.25. The van der Waals surface area contributed by atoms with Gasteiger partial charge < -0.3 is 10.2 Å². The van der Waals surface area contributed by atoms with E-state index in [9.17, 15) is 18.0 Å². The predicted molar refractivity (Wildman–Crippen MR) is 100 cm³/mol. The number of sulfonamides is 1. The van der Waals surface area contributed by atoms with Gasteiger partial charge in [-0.3, -0.25) is 9.59 Å². The minimum Gasteiger partial charge on any atom is -0.383 e. The normalized spacial score (nSPS) is 11.6. The SMILES string of the molecule is CC(=O)/C(=C\N(C)C)C(=O)Nc1ccc(S(=O)(=O)Nc2ncccn2)cc1. The molecular formula is C17H19N5O4S. The zero-order valence-corrected chi connectivity index (χ0v) is 15.8. The molecule has 0 spiro atoms. The third-order valence-electron chi connectivity index (χ3n) is 3.23. The highest BCUT2D eigenvalue weighted by Gasteiger charge is 2.17. The topological polar surface area (TPSA) is 121 Å². The smallest absolute Gasteiger partial charge is 0.264 e. The summed E-state index contributed by atoms with van der Waals surface area (Å²) in [6.07, 6.45) is 4.24. The molecule has 27 heavy (non-hydrogen) atoms. The van der Waals surface area contributed by atoms with Gasteiger partial charge in [-0.25, -0.2) is 23.1 Å². The van der Waals surface area contributed by atoms with Crippen LogP contribution < -0.4 is 10.0 Å². The third kappa shape index (κ3) is 5.61. The van der Waals surface area contributed by atoms with Crippen LogP contribution in [0.25, 0.3) is 0 Å². The molecule has 0 bridgehead atoms. The Morgan fingerprint density at radius 3 is 2.19 bits per heavy atom. The van der Waals surface area contributed by atoms with Crippen LogP contribution in [0.4, 0.5) is 11.6 Å². The molecule has 0 saturated heterocycles. The van der Waals surface area contributed by atoms with Crippen LogP contribution in [0.3, 0.4) is 0 Å². The van der Waals surface area contributed by atoms with Crippen molar-refractivity contribution in [3.05, 3.63) is 54.5 Å². The molecule has 0 saturated carbocycles. The van der Waals surface area contributed by atoms with Crippen molar-refractivity contribution in [2.24, 2.45) is 0 Å². The Hall–Kier alpha value is -3.27. The van der Waals surface area contributed by atoms with E-state index in [-0.39, 0.29) is 22.2 Å². The number of hydrogen-bond donors (Lipinski definition) is 2. The Morgan fingerprint density at radius 1 is 1.07 bits per heavy atom. The van der Waals surface area contributed by atoms with E-state index in [2.05, 4.69) is 20.0 Å². The zero-order chi connectivity index (χ0) is 20.0. The number of aromatic nitrogens is 2. The fraction of sp³-hybridized carbons (Fsp3) is 0.176. The summed E-state index contributed by atoms with van der Waals surface area (Å²) in [5, 5.41) is 2.56. The first-order valence-electron chi connectivity index (χ1n) is 7.79. The van der Waals surface area contributed by atoms with Gasteiger partial charge in [-0.1, -0.05) is 0 Å². The Kier molecular flexibility index (Phi) is 6.24. The highest BCUT2D eigenvalue weighted by atomic mass is 32.2. The molecule has 2 aromatic rings. The molecule has 0 atom stereocenters. The van der Waals surface area contributed by atoms with Gasteiger partial charge in [0.1, 0.15) is 0 Å². The maximum Gasteiger partial charge on any atom is 0.264 e. The van der Waals surface area contributed by atoms with E-state index >= 15 is 0 Å². The van der Waals surface area contributed by atoms with Crippen LogP contribution in [-0.2, 0) is 19.6 Å². The fourth-order valence-electron chi connectivity index (χ4n) is 2.01. The number of anilines is 2. The van der Waals surface area contributed by atoms with Gasteiger partial charge >= 0.3 is 0 Å². The maximum atomic E-state index is 12.3. The van der Waals surface area contributed by atoms with Crippen LogP contribution in [0, 0.1) is 0 Å². The summed E-state index contributed by atoms with van der Waals surface area (Å²) in [4.78, 5) is 33.0. The van der Waals surface area contributed by atoms with Crippen LogP contribution in [0.15, 0.2) is 59.4 Å². The quantitative estimate of drug-likeness (QED) is 0.415. The molecule has 1 amide bonds. The molecule has 9 nitrogen and oxygen atoms in total. The molecule has 0 aliphatic carbocycles. The average Bonchev–Trinajstić information content (AvgIpc) is 2.60. The van der Waals surface area contributed by atoms with E-state index in [0.29, 0.717) is 5.69 Å². The van der Waals surface area contributed by atoms with Gasteiger partial charge in [0.15, 0.2) is 5.78 Å². The number of amides is 1. The van der Waals surface area contributed by atoms with E-state index in [1.54, 1.807) is 25.1 Å². The highest BCUT2D eigenvalue weighted by Crippen LogP contribution is 2.17. The molecule has 10 heteroatoms. The van der Waals surface area contributed by atoms with Crippen molar-refractivity contribution < 1.29 is 18.0 Å². The van der Waals surface area contributed by atoms with Crippen molar-refractivity contribution in [1.82, 2.24) is 14.9 Å². The molecule has 0 fully saturated rings. The summed E-state index contributed by atoms with van der Waals surface area (Å²) in [6, 6.07) is 7.06. The Morgan fingerprint density at radius 2 is 1.67 bits per heavy atom. The van der Waals surface area contributed by atoms with Crippen LogP contribution >= 0.6 is 0 Å². The number of ketones is 1. The van der Waals surface area contributed by atoms with Crippen molar-refractivity contribution in [3.63, 3.8) is 0 Å². The lowest BCUT2D eigenvalue weighted by Crippen LogP contribution is -2.21. The Balaban J connectivity index is 2.15. The lowest BCUT2D eigenvalue weighted by Gasteiger charge is -2.11. The Bertz CT molecular complexity index is 955. The molecule has 0 aliphatic rings. The van der Waals surface area contributed by atoms with Gasteiger partial charge in [0.05, 0.1) is 10.5 Å². The van der Waals surface area contributed by atoms with Crippen molar-refractivity contribution in [1.29, 1.82) is 0 Å². The van der Waals surface area contributed by atoms with Crippen LogP contribution in [0.2, 0.25) is 0 Å². The molecule has 0 aliphatic heterocycles. The lowest BCUT2D eigenvalue weighted by atomic mass is 10.2. The minimum atomic E-state index is -3.86. The lowest BCUT2D eigenvalue weighted by molar-refractivity contribution is -0.119. The van der Waals surface area contributed by atoms with E-state index in [4.69, 9.17) is 0 Å². The average molecular weight is 389 g/mol. The number of benzene rings is 1. The van der Waals surface area contributed by atoms with Crippen molar-refractivity contribution >= 4 is 33.3 Å². The Labute approximate surface area is 157 Å². The van der Waals surface area contributed by atoms with Crippen molar-refractivity contribution in [3.8, 4) is 0 Å². The standard InChI is InChI=1S/C17H19N5O4S/c1-12(23)15(11-22(2)3)16(24)20-13-5-7-14(8-6-13)27(25,26)21-17-18-9-4-10-19-17/h4-11H,1-3H3,(H,20,24)(H,18,19,21)/b15-11+. The number of carbonyl (C=O) groups is 2. The van der Waals surface area contributed by atoms with Gasteiger partial charge in [-0.15, -0.1) is 0 Å². The summed E-state index contributed by atoms with van der Waals surface area (Å²) >= 11 is 0. The molecule has 1 heterocycles. The monoisotopic (exact) mass is 389 g/mol. The van der Waals surface area contributed by atoms with Gasteiger partial charge in [0.25, 0.3) is 15.9 Å². The van der Waals surface area contributed by atoms with Gasteiger partial charge in [0, 0.05) is 38.4 Å². The molecular weight excluding hydrogens is 370 g/mol. The third-order valence-corrected chi connectivity index (χ3v) is 4.57. The molecule has 2 N–H and O–H groups in total. The van der Waals surface area contributed by atoms with Crippen LogP contribution in [0.5, 0.6) is 0 Å². The number of nitrogens with one attached hydrogen (secondary N) is 2. The highest BCUT2D eigenvalue weighted by molar-refractivity contribution is 7.92. The van der Waals surface area contributed by atoms with Crippen molar-refractivity contribution in [2.75, 3.05) is 24.1 Å².